The van der Waals surface area contributed by atoms with E-state index in [1.54, 1.807) is 0 Å². The van der Waals surface area contributed by atoms with Gasteiger partial charge in [0.25, 0.3) is 0 Å². The zero-order valence-corrected chi connectivity index (χ0v) is 7.33. The monoisotopic (exact) mass is 155 g/mol. The Morgan fingerprint density at radius 1 is 1.25 bits per heavy atom. The number of nitrogens with zero attached hydrogens (tertiary/aromatic N) is 1. The molecule has 2 heteroatoms. The predicted molar refractivity (Wildman–Crippen MR) is 52.6 cm³/mol. The summed E-state index contributed by atoms with van der Waals surface area (Å²) in [7, 11) is 0. The van der Waals surface area contributed by atoms with Gasteiger partial charge in [-0.05, 0) is 0 Å². The molecule has 0 radical (unpaired) electrons. The Morgan fingerprint density at radius 3 is 2.92 bits per heavy atom. The first-order valence-corrected chi connectivity index (χ1v) is 4.10. The van der Waals surface area contributed by atoms with Gasteiger partial charge in [-0.3, -0.25) is 0 Å². The molecular formula is C10H10BN. The summed E-state index contributed by atoms with van der Waals surface area (Å²) in [4.78, 5) is 4.34. The molecular weight excluding hydrogens is 145 g/mol. The van der Waals surface area contributed by atoms with Gasteiger partial charge in [0.15, 0.2) is 0 Å². The molecule has 1 aromatic carbocycles. The first kappa shape index (κ1) is 7.47. The Balaban J connectivity index is 2.91. The molecule has 0 N–H and O–H groups in total. The third-order valence-electron chi connectivity index (χ3n) is 2.30. The topological polar surface area (TPSA) is 12.9 Å². The van der Waals surface area contributed by atoms with Crippen LogP contribution in [0.2, 0.25) is 0 Å². The van der Waals surface area contributed by atoms with Crippen molar-refractivity contribution in [3.63, 3.8) is 0 Å². The van der Waals surface area contributed by atoms with Crippen molar-refractivity contribution in [2.75, 3.05) is 0 Å². The van der Waals surface area contributed by atoms with Crippen molar-refractivity contribution in [2.24, 2.45) is 0 Å². The fraction of sp³-hybridized carbons (Fsp3) is 0.200. The number of fused-ring (bicyclic) bond motifs is 1. The SMILES string of the molecule is Cc1ccc2bccnc2c1C. The molecule has 2 rings (SSSR count). The summed E-state index contributed by atoms with van der Waals surface area (Å²) < 4.78 is 0. The summed E-state index contributed by atoms with van der Waals surface area (Å²) in [5.41, 5.74) is 3.71. The Labute approximate surface area is 72.7 Å². The van der Waals surface area contributed by atoms with Crippen LogP contribution in [-0.4, -0.2) is 11.9 Å². The van der Waals surface area contributed by atoms with Crippen LogP contribution in [0.25, 0.3) is 10.8 Å². The van der Waals surface area contributed by atoms with Gasteiger partial charge in [-0.2, -0.15) is 0 Å². The average Bonchev–Trinajstić information content (AvgIpc) is 2.12. The molecule has 58 valence electrons. The zero-order chi connectivity index (χ0) is 8.55. The van der Waals surface area contributed by atoms with Crippen LogP contribution in [-0.2, 0) is 0 Å². The molecule has 2 aromatic rings. The Kier molecular flexibility index (Phi) is 1.68. The quantitative estimate of drug-likeness (QED) is 0.568. The van der Waals surface area contributed by atoms with Crippen LogP contribution in [0.1, 0.15) is 11.1 Å². The van der Waals surface area contributed by atoms with Gasteiger partial charge in [-0.1, -0.05) is 0 Å². The molecule has 12 heavy (non-hydrogen) atoms. The summed E-state index contributed by atoms with van der Waals surface area (Å²) in [6.07, 6.45) is 1.84. The average molecular weight is 155 g/mol. The number of benzene rings is 1. The standard InChI is InChI=1S/C10H10BN/c1-7-3-4-9-10(8(7)2)12-6-5-11-9/h3-6H,1-2H3. The molecule has 1 heterocycles. The Hall–Kier alpha value is -1.18. The first-order valence-electron chi connectivity index (χ1n) is 4.10. The summed E-state index contributed by atoms with van der Waals surface area (Å²) in [5, 5.41) is 1.22. The van der Waals surface area contributed by atoms with Crippen molar-refractivity contribution >= 4 is 17.7 Å². The van der Waals surface area contributed by atoms with Gasteiger partial charge in [0, 0.05) is 0 Å². The summed E-state index contributed by atoms with van der Waals surface area (Å²) >= 11 is 0. The van der Waals surface area contributed by atoms with E-state index in [0.29, 0.717) is 0 Å². The maximum absolute atomic E-state index is 4.34. The molecule has 0 aliphatic rings. The van der Waals surface area contributed by atoms with Gasteiger partial charge in [0.2, 0.25) is 0 Å². The van der Waals surface area contributed by atoms with Crippen molar-refractivity contribution in [3.05, 3.63) is 35.4 Å². The van der Waals surface area contributed by atoms with E-state index < -0.39 is 0 Å². The third kappa shape index (κ3) is 1.04. The van der Waals surface area contributed by atoms with Gasteiger partial charge in [0.1, 0.15) is 0 Å². The van der Waals surface area contributed by atoms with Crippen LogP contribution in [0.15, 0.2) is 24.3 Å². The minimum atomic E-state index is 1.12. The normalized spacial score (nSPS) is 10.2. The van der Waals surface area contributed by atoms with E-state index in [1.807, 2.05) is 12.2 Å². The molecule has 0 aliphatic carbocycles. The van der Waals surface area contributed by atoms with E-state index in [4.69, 9.17) is 0 Å². The predicted octanol–water partition coefficient (Wildman–Crippen LogP) is 2.19. The second kappa shape index (κ2) is 2.70. The van der Waals surface area contributed by atoms with Crippen LogP contribution < -0.4 is 0 Å². The van der Waals surface area contributed by atoms with Gasteiger partial charge < -0.3 is 0 Å². The Bertz CT molecular complexity index is 423. The van der Waals surface area contributed by atoms with Crippen LogP contribution in [0.3, 0.4) is 0 Å². The molecule has 1 aromatic heterocycles. The number of hydrogen-bond donors (Lipinski definition) is 0. The van der Waals surface area contributed by atoms with Crippen molar-refractivity contribution < 1.29 is 0 Å². The number of aryl methyl sites for hydroxylation is 2. The zero-order valence-electron chi connectivity index (χ0n) is 7.33. The third-order valence-corrected chi connectivity index (χ3v) is 2.30. The van der Waals surface area contributed by atoms with Crippen LogP contribution >= 0.6 is 0 Å². The van der Waals surface area contributed by atoms with E-state index in [9.17, 15) is 0 Å². The van der Waals surface area contributed by atoms with E-state index in [1.165, 1.54) is 16.4 Å². The molecule has 0 saturated carbocycles. The molecule has 0 saturated heterocycles. The molecule has 0 spiro atoms. The number of hydrogen-bond acceptors (Lipinski definition) is 1. The molecule has 1 nitrogen and oxygen atoms in total. The maximum atomic E-state index is 4.34. The minimum absolute atomic E-state index is 1.12. The van der Waals surface area contributed by atoms with Crippen molar-refractivity contribution in [3.8, 4) is 0 Å². The Morgan fingerprint density at radius 2 is 2.08 bits per heavy atom. The summed E-state index contributed by atoms with van der Waals surface area (Å²) in [5.74, 6) is 1.97. The molecule has 0 amide bonds. The number of aromatic nitrogens is 1. The van der Waals surface area contributed by atoms with Crippen molar-refractivity contribution in [1.82, 2.24) is 4.98 Å². The summed E-state index contributed by atoms with van der Waals surface area (Å²) in [6, 6.07) is 4.25. The molecule has 0 unspecified atom stereocenters. The van der Waals surface area contributed by atoms with E-state index >= 15 is 0 Å². The molecule has 0 fully saturated rings. The van der Waals surface area contributed by atoms with Gasteiger partial charge in [0.05, 0.1) is 0 Å². The summed E-state index contributed by atoms with van der Waals surface area (Å²) in [6.45, 7) is 6.32. The second-order valence-electron chi connectivity index (χ2n) is 3.08. The fourth-order valence-corrected chi connectivity index (χ4v) is 1.39. The van der Waals surface area contributed by atoms with Gasteiger partial charge >= 0.3 is 72.0 Å². The van der Waals surface area contributed by atoms with Crippen LogP contribution in [0.5, 0.6) is 0 Å². The van der Waals surface area contributed by atoms with Crippen LogP contribution in [0, 0.1) is 13.8 Å². The van der Waals surface area contributed by atoms with Crippen molar-refractivity contribution in [1.29, 1.82) is 0 Å². The van der Waals surface area contributed by atoms with E-state index in [0.717, 1.165) is 5.52 Å². The fourth-order valence-electron chi connectivity index (χ4n) is 1.39. The first-order chi connectivity index (χ1) is 5.79. The van der Waals surface area contributed by atoms with Crippen molar-refractivity contribution in [2.45, 2.75) is 13.8 Å². The van der Waals surface area contributed by atoms with Gasteiger partial charge in [-0.25, -0.2) is 0 Å². The van der Waals surface area contributed by atoms with Gasteiger partial charge in [-0.15, -0.1) is 0 Å². The molecule has 0 aliphatic heterocycles. The molecule has 0 atom stereocenters. The van der Waals surface area contributed by atoms with E-state index in [-0.39, 0.29) is 0 Å². The number of rotatable bonds is 0. The second-order valence-corrected chi connectivity index (χ2v) is 3.08. The van der Waals surface area contributed by atoms with Crippen LogP contribution in [0.4, 0.5) is 0 Å². The molecule has 0 bridgehead atoms. The van der Waals surface area contributed by atoms with E-state index in [2.05, 4.69) is 37.9 Å².